The molecule has 8 nitrogen and oxygen atoms in total. The Morgan fingerprint density at radius 2 is 1.67 bits per heavy atom. The molecular formula is C27H20FN7O. The summed E-state index contributed by atoms with van der Waals surface area (Å²) in [6.45, 7) is 0. The fourth-order valence-corrected chi connectivity index (χ4v) is 3.41. The minimum atomic E-state index is -0.568. The third-order valence-electron chi connectivity index (χ3n) is 5.15. The van der Waals surface area contributed by atoms with Gasteiger partial charge in [-0.25, -0.2) is 19.8 Å². The maximum atomic E-state index is 14.1. The second-order valence-electron chi connectivity index (χ2n) is 7.70. The molecule has 5 aromatic rings. The summed E-state index contributed by atoms with van der Waals surface area (Å²) in [6.07, 6.45) is 5.85. The summed E-state index contributed by atoms with van der Waals surface area (Å²) in [5, 5.41) is 17.1. The Morgan fingerprint density at radius 3 is 2.42 bits per heavy atom. The van der Waals surface area contributed by atoms with Crippen molar-refractivity contribution in [3.8, 4) is 28.3 Å². The lowest BCUT2D eigenvalue weighted by molar-refractivity contribution is 0.475. The lowest BCUT2D eigenvalue weighted by atomic mass is 10.1. The van der Waals surface area contributed by atoms with Crippen LogP contribution in [0.5, 0.6) is 5.75 Å². The van der Waals surface area contributed by atoms with E-state index in [1.54, 1.807) is 48.8 Å². The molecule has 0 radical (unpaired) electrons. The third-order valence-corrected chi connectivity index (χ3v) is 5.15. The lowest BCUT2D eigenvalue weighted by Gasteiger charge is -2.08. The summed E-state index contributed by atoms with van der Waals surface area (Å²) in [6, 6.07) is 23.9. The van der Waals surface area contributed by atoms with Crippen molar-refractivity contribution >= 4 is 23.5 Å². The van der Waals surface area contributed by atoms with Crippen LogP contribution in [0.3, 0.4) is 0 Å². The molecule has 0 spiro atoms. The summed E-state index contributed by atoms with van der Waals surface area (Å²) in [5.41, 5.74) is 7.46. The van der Waals surface area contributed by atoms with E-state index in [1.807, 2.05) is 42.5 Å². The SMILES string of the molecule is Oc1cccc(-c2ccc(Nc3ccc(/C=N/Nc4ncc(F)c(-c5ccccn5)n4)nc3)cc2)c1. The minimum absolute atomic E-state index is 0.0896. The summed E-state index contributed by atoms with van der Waals surface area (Å²) in [4.78, 5) is 16.5. The summed E-state index contributed by atoms with van der Waals surface area (Å²) < 4.78 is 14.1. The summed E-state index contributed by atoms with van der Waals surface area (Å²) >= 11 is 0. The lowest BCUT2D eigenvalue weighted by Crippen LogP contribution is -2.01. The van der Waals surface area contributed by atoms with Crippen LogP contribution in [0, 0.1) is 5.82 Å². The van der Waals surface area contributed by atoms with Crippen LogP contribution in [-0.2, 0) is 0 Å². The number of benzene rings is 2. The van der Waals surface area contributed by atoms with Crippen molar-refractivity contribution in [3.05, 3.63) is 109 Å². The Kier molecular flexibility index (Phi) is 6.53. The Hall–Kier alpha value is -5.18. The molecule has 3 N–H and O–H groups in total. The number of halogens is 1. The first-order chi connectivity index (χ1) is 17.6. The average Bonchev–Trinajstić information content (AvgIpc) is 2.91. The molecule has 2 aromatic carbocycles. The van der Waals surface area contributed by atoms with Crippen molar-refractivity contribution in [2.24, 2.45) is 5.10 Å². The normalized spacial score (nSPS) is 10.9. The number of nitrogens with zero attached hydrogens (tertiary/aromatic N) is 5. The van der Waals surface area contributed by atoms with E-state index in [4.69, 9.17) is 0 Å². The molecule has 3 heterocycles. The fraction of sp³-hybridized carbons (Fsp3) is 0. The third kappa shape index (κ3) is 5.48. The van der Waals surface area contributed by atoms with Gasteiger partial charge in [0.05, 0.1) is 35.7 Å². The number of aromatic hydroxyl groups is 1. The number of anilines is 3. The van der Waals surface area contributed by atoms with Crippen LogP contribution < -0.4 is 10.7 Å². The molecule has 0 fully saturated rings. The van der Waals surface area contributed by atoms with E-state index in [9.17, 15) is 9.50 Å². The van der Waals surface area contributed by atoms with E-state index >= 15 is 0 Å². The van der Waals surface area contributed by atoms with Gasteiger partial charge in [0.15, 0.2) is 5.82 Å². The van der Waals surface area contributed by atoms with Gasteiger partial charge in [-0.05, 0) is 59.7 Å². The molecule has 5 rings (SSSR count). The van der Waals surface area contributed by atoms with Crippen LogP contribution in [0.1, 0.15) is 5.69 Å². The van der Waals surface area contributed by atoms with Crippen LogP contribution in [0.2, 0.25) is 0 Å². The Labute approximate surface area is 206 Å². The predicted molar refractivity (Wildman–Crippen MR) is 138 cm³/mol. The number of hydrazone groups is 1. The standard InChI is InChI=1S/C27H20FN7O/c28-24-17-31-27(34-26(24)25-6-1-2-13-29-25)35-32-16-21-11-12-22(15-30-21)33-20-9-7-18(8-10-20)19-4-3-5-23(36)14-19/h1-17,33,36H,(H,31,34,35)/b32-16+. The Balaban J connectivity index is 1.20. The molecule has 36 heavy (non-hydrogen) atoms. The maximum Gasteiger partial charge on any atom is 0.244 e. The van der Waals surface area contributed by atoms with Gasteiger partial charge in [-0.2, -0.15) is 5.10 Å². The molecule has 0 atom stereocenters. The highest BCUT2D eigenvalue weighted by molar-refractivity contribution is 5.78. The molecule has 176 valence electrons. The summed E-state index contributed by atoms with van der Waals surface area (Å²) in [7, 11) is 0. The molecule has 9 heteroatoms. The molecule has 3 aromatic heterocycles. The number of aromatic nitrogens is 4. The van der Waals surface area contributed by atoms with E-state index in [0.717, 1.165) is 28.7 Å². The molecule has 0 saturated carbocycles. The first-order valence-electron chi connectivity index (χ1n) is 11.0. The van der Waals surface area contributed by atoms with Gasteiger partial charge >= 0.3 is 0 Å². The molecular weight excluding hydrogens is 457 g/mol. The van der Waals surface area contributed by atoms with Crippen molar-refractivity contribution in [3.63, 3.8) is 0 Å². The van der Waals surface area contributed by atoms with Crippen molar-refractivity contribution in [2.45, 2.75) is 0 Å². The second kappa shape index (κ2) is 10.4. The van der Waals surface area contributed by atoms with E-state index in [-0.39, 0.29) is 17.4 Å². The minimum Gasteiger partial charge on any atom is -0.508 e. The highest BCUT2D eigenvalue weighted by atomic mass is 19.1. The molecule has 0 aliphatic heterocycles. The number of hydrogen-bond acceptors (Lipinski definition) is 8. The zero-order valence-electron chi connectivity index (χ0n) is 18.9. The number of nitrogens with one attached hydrogen (secondary N) is 2. The van der Waals surface area contributed by atoms with Crippen molar-refractivity contribution in [1.29, 1.82) is 0 Å². The van der Waals surface area contributed by atoms with Gasteiger partial charge in [0.2, 0.25) is 5.95 Å². The highest BCUT2D eigenvalue weighted by Gasteiger charge is 2.10. The second-order valence-corrected chi connectivity index (χ2v) is 7.70. The Bertz CT molecular complexity index is 1490. The van der Waals surface area contributed by atoms with E-state index in [2.05, 4.69) is 35.8 Å². The zero-order valence-corrected chi connectivity index (χ0v) is 18.9. The van der Waals surface area contributed by atoms with Gasteiger partial charge in [0.1, 0.15) is 11.4 Å². The average molecular weight is 478 g/mol. The van der Waals surface area contributed by atoms with Crippen LogP contribution in [0.4, 0.5) is 21.7 Å². The molecule has 0 aliphatic carbocycles. The smallest absolute Gasteiger partial charge is 0.244 e. The molecule has 0 unspecified atom stereocenters. The van der Waals surface area contributed by atoms with Crippen LogP contribution in [-0.4, -0.2) is 31.3 Å². The first kappa shape index (κ1) is 22.6. The number of phenols is 1. The van der Waals surface area contributed by atoms with Gasteiger partial charge in [-0.1, -0.05) is 30.3 Å². The number of phenolic OH excluding ortho intramolecular Hbond substituents is 1. The monoisotopic (exact) mass is 477 g/mol. The summed E-state index contributed by atoms with van der Waals surface area (Å²) in [5.74, 6) is -0.193. The number of pyridine rings is 2. The van der Waals surface area contributed by atoms with Gasteiger partial charge in [0.25, 0.3) is 0 Å². The first-order valence-corrected chi connectivity index (χ1v) is 11.0. The number of rotatable bonds is 7. The molecule has 0 aliphatic rings. The zero-order chi connectivity index (χ0) is 24.7. The van der Waals surface area contributed by atoms with E-state index in [1.165, 1.54) is 6.21 Å². The molecule has 0 amide bonds. The predicted octanol–water partition coefficient (Wildman–Crippen LogP) is 5.63. The molecule has 0 bridgehead atoms. The van der Waals surface area contributed by atoms with Crippen LogP contribution >= 0.6 is 0 Å². The maximum absolute atomic E-state index is 14.1. The molecule has 0 saturated heterocycles. The number of hydrogen-bond donors (Lipinski definition) is 3. The van der Waals surface area contributed by atoms with Gasteiger partial charge in [0, 0.05) is 11.9 Å². The highest BCUT2D eigenvalue weighted by Crippen LogP contribution is 2.25. The van der Waals surface area contributed by atoms with E-state index in [0.29, 0.717) is 11.4 Å². The van der Waals surface area contributed by atoms with Gasteiger partial charge in [-0.15, -0.1) is 0 Å². The Morgan fingerprint density at radius 1 is 0.806 bits per heavy atom. The topological polar surface area (TPSA) is 108 Å². The largest absolute Gasteiger partial charge is 0.508 e. The van der Waals surface area contributed by atoms with Crippen LogP contribution in [0.25, 0.3) is 22.5 Å². The van der Waals surface area contributed by atoms with E-state index < -0.39 is 5.82 Å². The van der Waals surface area contributed by atoms with Gasteiger partial charge < -0.3 is 10.4 Å². The fourth-order valence-electron chi connectivity index (χ4n) is 3.41. The van der Waals surface area contributed by atoms with Crippen molar-refractivity contribution in [2.75, 3.05) is 10.7 Å². The van der Waals surface area contributed by atoms with Crippen molar-refractivity contribution < 1.29 is 9.50 Å². The van der Waals surface area contributed by atoms with Gasteiger partial charge in [-0.3, -0.25) is 9.97 Å². The van der Waals surface area contributed by atoms with Crippen molar-refractivity contribution in [1.82, 2.24) is 19.9 Å². The quantitative estimate of drug-likeness (QED) is 0.206. The van der Waals surface area contributed by atoms with Crippen LogP contribution in [0.15, 0.2) is 103 Å².